The fourth-order valence-electron chi connectivity index (χ4n) is 3.30. The molecule has 1 aliphatic heterocycles. The van der Waals surface area contributed by atoms with Crippen molar-refractivity contribution in [3.63, 3.8) is 0 Å². The van der Waals surface area contributed by atoms with Crippen LogP contribution in [0, 0.1) is 6.92 Å². The summed E-state index contributed by atoms with van der Waals surface area (Å²) in [6.45, 7) is 3.73. The fraction of sp³-hybridized carbons (Fsp3) is 0.350. The van der Waals surface area contributed by atoms with Gasteiger partial charge in [0.15, 0.2) is 0 Å². The van der Waals surface area contributed by atoms with Crippen LogP contribution in [-0.4, -0.2) is 59.4 Å². The zero-order chi connectivity index (χ0) is 20.3. The number of methoxy groups -OCH3 is 2. The molecule has 0 aliphatic carbocycles. The first-order chi connectivity index (χ1) is 13.4. The van der Waals surface area contributed by atoms with Crippen LogP contribution in [-0.2, 0) is 10.0 Å². The first-order valence-corrected chi connectivity index (χ1v) is 10.4. The predicted molar refractivity (Wildman–Crippen MR) is 107 cm³/mol. The Morgan fingerprint density at radius 1 is 0.964 bits per heavy atom. The van der Waals surface area contributed by atoms with E-state index in [1.807, 2.05) is 19.1 Å². The molecule has 8 heteroatoms. The lowest BCUT2D eigenvalue weighted by Crippen LogP contribution is -2.48. The molecule has 2 aromatic carbocycles. The number of rotatable bonds is 6. The van der Waals surface area contributed by atoms with Crippen LogP contribution in [0.15, 0.2) is 41.3 Å². The number of anilines is 1. The minimum absolute atomic E-state index is 0.106. The third-order valence-electron chi connectivity index (χ3n) is 4.97. The van der Waals surface area contributed by atoms with E-state index in [9.17, 15) is 13.2 Å². The van der Waals surface area contributed by atoms with Crippen molar-refractivity contribution in [1.82, 2.24) is 4.31 Å². The number of hydrogen-bond donors (Lipinski definition) is 0. The zero-order valence-electron chi connectivity index (χ0n) is 16.2. The van der Waals surface area contributed by atoms with E-state index in [1.54, 1.807) is 18.2 Å². The molecule has 0 bridgehead atoms. The number of benzene rings is 2. The maximum absolute atomic E-state index is 13.1. The molecule has 0 atom stereocenters. The van der Waals surface area contributed by atoms with Gasteiger partial charge in [-0.1, -0.05) is 0 Å². The summed E-state index contributed by atoms with van der Waals surface area (Å²) in [5, 5.41) is 0. The van der Waals surface area contributed by atoms with Crippen molar-refractivity contribution in [2.75, 3.05) is 45.3 Å². The molecule has 28 heavy (non-hydrogen) atoms. The first-order valence-electron chi connectivity index (χ1n) is 8.93. The predicted octanol–water partition coefficient (Wildman–Crippen LogP) is 2.34. The van der Waals surface area contributed by atoms with E-state index < -0.39 is 10.0 Å². The normalized spacial score (nSPS) is 15.3. The Morgan fingerprint density at radius 3 is 2.25 bits per heavy atom. The van der Waals surface area contributed by atoms with Crippen LogP contribution in [0.3, 0.4) is 0 Å². The molecule has 0 unspecified atom stereocenters. The second-order valence-corrected chi connectivity index (χ2v) is 8.47. The number of carbonyl (C=O) groups excluding carboxylic acids is 1. The Balaban J connectivity index is 1.79. The van der Waals surface area contributed by atoms with Crippen LogP contribution in [0.1, 0.15) is 15.9 Å². The van der Waals surface area contributed by atoms with Crippen LogP contribution in [0.2, 0.25) is 0 Å². The van der Waals surface area contributed by atoms with E-state index in [1.165, 1.54) is 24.6 Å². The molecule has 1 heterocycles. The van der Waals surface area contributed by atoms with E-state index in [2.05, 4.69) is 4.90 Å². The molecule has 1 saturated heterocycles. The SMILES string of the molecule is COc1ccc(OC)c(S(=O)(=O)N2CCN(c3ccc(C=O)c(C)c3)CC2)c1. The highest BCUT2D eigenvalue weighted by molar-refractivity contribution is 7.89. The number of carbonyl (C=O) groups is 1. The Labute approximate surface area is 165 Å². The van der Waals surface area contributed by atoms with Crippen LogP contribution < -0.4 is 14.4 Å². The van der Waals surface area contributed by atoms with Gasteiger partial charge in [-0.25, -0.2) is 8.42 Å². The molecule has 0 aromatic heterocycles. The number of nitrogens with zero attached hydrogens (tertiary/aromatic N) is 2. The second kappa shape index (κ2) is 8.20. The van der Waals surface area contributed by atoms with E-state index in [0.717, 1.165) is 17.5 Å². The second-order valence-electron chi connectivity index (χ2n) is 6.57. The van der Waals surface area contributed by atoms with Crippen molar-refractivity contribution in [3.8, 4) is 11.5 Å². The number of aryl methyl sites for hydroxylation is 1. The van der Waals surface area contributed by atoms with Gasteiger partial charge in [-0.3, -0.25) is 4.79 Å². The summed E-state index contributed by atoms with van der Waals surface area (Å²) in [5.41, 5.74) is 2.55. The largest absolute Gasteiger partial charge is 0.497 e. The van der Waals surface area contributed by atoms with Crippen molar-refractivity contribution >= 4 is 22.0 Å². The van der Waals surface area contributed by atoms with Crippen molar-refractivity contribution in [2.24, 2.45) is 0 Å². The maximum atomic E-state index is 13.1. The molecule has 0 radical (unpaired) electrons. The van der Waals surface area contributed by atoms with Crippen molar-refractivity contribution in [3.05, 3.63) is 47.5 Å². The average Bonchev–Trinajstić information content (AvgIpc) is 2.73. The van der Waals surface area contributed by atoms with Gasteiger partial charge in [-0.2, -0.15) is 4.31 Å². The summed E-state index contributed by atoms with van der Waals surface area (Å²) in [6.07, 6.45) is 0.838. The zero-order valence-corrected chi connectivity index (χ0v) is 17.0. The molecule has 3 rings (SSSR count). The van der Waals surface area contributed by atoms with Crippen LogP contribution in [0.25, 0.3) is 0 Å². The average molecular weight is 404 g/mol. The summed E-state index contributed by atoms with van der Waals surface area (Å²) in [6, 6.07) is 10.4. The number of ether oxygens (including phenoxy) is 2. The molecular formula is C20H24N2O5S. The molecule has 7 nitrogen and oxygen atoms in total. The summed E-state index contributed by atoms with van der Waals surface area (Å²) in [5.74, 6) is 0.757. The van der Waals surface area contributed by atoms with Gasteiger partial charge in [-0.05, 0) is 42.8 Å². The lowest BCUT2D eigenvalue weighted by atomic mass is 10.1. The molecular weight excluding hydrogens is 380 g/mol. The standard InChI is InChI=1S/C20H24N2O5S/c1-15-12-17(5-4-16(15)14-23)21-8-10-22(11-9-21)28(24,25)20-13-18(26-2)6-7-19(20)27-3/h4-7,12-14H,8-11H2,1-3H3. The van der Waals surface area contributed by atoms with E-state index in [4.69, 9.17) is 9.47 Å². The quantitative estimate of drug-likeness (QED) is 0.688. The van der Waals surface area contributed by atoms with Gasteiger partial charge in [0.25, 0.3) is 0 Å². The highest BCUT2D eigenvalue weighted by Gasteiger charge is 2.31. The Hall–Kier alpha value is -2.58. The molecule has 0 amide bonds. The smallest absolute Gasteiger partial charge is 0.247 e. The molecule has 0 spiro atoms. The third kappa shape index (κ3) is 3.83. The molecule has 1 aliphatic rings. The number of aldehydes is 1. The lowest BCUT2D eigenvalue weighted by Gasteiger charge is -2.35. The van der Waals surface area contributed by atoms with Crippen molar-refractivity contribution in [2.45, 2.75) is 11.8 Å². The maximum Gasteiger partial charge on any atom is 0.247 e. The monoisotopic (exact) mass is 404 g/mol. The van der Waals surface area contributed by atoms with Gasteiger partial charge in [0.1, 0.15) is 22.7 Å². The highest BCUT2D eigenvalue weighted by atomic mass is 32.2. The number of piperazine rings is 1. The lowest BCUT2D eigenvalue weighted by molar-refractivity contribution is 0.112. The highest BCUT2D eigenvalue weighted by Crippen LogP contribution is 2.31. The molecule has 1 fully saturated rings. The van der Waals surface area contributed by atoms with E-state index >= 15 is 0 Å². The minimum atomic E-state index is -3.71. The molecule has 150 valence electrons. The Morgan fingerprint density at radius 2 is 1.68 bits per heavy atom. The summed E-state index contributed by atoms with van der Waals surface area (Å²) in [4.78, 5) is 13.2. The summed E-state index contributed by atoms with van der Waals surface area (Å²) in [7, 11) is -0.763. The summed E-state index contributed by atoms with van der Waals surface area (Å²) < 4.78 is 38.2. The summed E-state index contributed by atoms with van der Waals surface area (Å²) >= 11 is 0. The van der Waals surface area contributed by atoms with Crippen molar-refractivity contribution < 1.29 is 22.7 Å². The first kappa shape index (κ1) is 20.2. The van der Waals surface area contributed by atoms with Crippen LogP contribution in [0.4, 0.5) is 5.69 Å². The molecule has 0 N–H and O–H groups in total. The Kier molecular flexibility index (Phi) is 5.90. The topological polar surface area (TPSA) is 76.2 Å². The van der Waals surface area contributed by atoms with Gasteiger partial charge in [0, 0.05) is 43.5 Å². The van der Waals surface area contributed by atoms with Gasteiger partial charge in [0.2, 0.25) is 10.0 Å². The van der Waals surface area contributed by atoms with Gasteiger partial charge in [-0.15, -0.1) is 0 Å². The van der Waals surface area contributed by atoms with Gasteiger partial charge < -0.3 is 14.4 Å². The minimum Gasteiger partial charge on any atom is -0.497 e. The molecule has 2 aromatic rings. The third-order valence-corrected chi connectivity index (χ3v) is 6.89. The van der Waals surface area contributed by atoms with E-state index in [0.29, 0.717) is 43.2 Å². The van der Waals surface area contributed by atoms with Crippen LogP contribution >= 0.6 is 0 Å². The number of hydrogen-bond acceptors (Lipinski definition) is 6. The van der Waals surface area contributed by atoms with Crippen LogP contribution in [0.5, 0.6) is 11.5 Å². The fourth-order valence-corrected chi connectivity index (χ4v) is 4.89. The van der Waals surface area contributed by atoms with E-state index in [-0.39, 0.29) is 4.90 Å². The van der Waals surface area contributed by atoms with Crippen molar-refractivity contribution in [1.29, 1.82) is 0 Å². The molecule has 0 saturated carbocycles. The Bertz CT molecular complexity index is 967. The number of sulfonamides is 1. The van der Waals surface area contributed by atoms with Gasteiger partial charge in [0.05, 0.1) is 14.2 Å². The van der Waals surface area contributed by atoms with Gasteiger partial charge >= 0.3 is 0 Å².